The van der Waals surface area contributed by atoms with Crippen LogP contribution in [0.25, 0.3) is 0 Å². The Morgan fingerprint density at radius 2 is 1.64 bits per heavy atom. The maximum absolute atomic E-state index is 12.2. The van der Waals surface area contributed by atoms with Gasteiger partial charge in [-0.05, 0) is 37.0 Å². The quantitative estimate of drug-likeness (QED) is 0.776. The molecule has 1 aliphatic rings. The zero-order chi connectivity index (χ0) is 17.5. The molecule has 132 valence electrons. The second kappa shape index (κ2) is 8.56. The summed E-state index contributed by atoms with van der Waals surface area (Å²) < 4.78 is 5.44. The number of nitrogens with zero attached hydrogens (tertiary/aromatic N) is 2. The Labute approximate surface area is 150 Å². The topological polar surface area (TPSA) is 32.8 Å². The number of benzene rings is 2. The first kappa shape index (κ1) is 17.3. The summed E-state index contributed by atoms with van der Waals surface area (Å²) in [6.45, 7) is 5.74. The van der Waals surface area contributed by atoms with Gasteiger partial charge in [0.05, 0.1) is 6.61 Å². The van der Waals surface area contributed by atoms with Crippen LogP contribution in [0, 0.1) is 6.92 Å². The number of para-hydroxylation sites is 1. The minimum absolute atomic E-state index is 0.183. The van der Waals surface area contributed by atoms with Crippen LogP contribution in [0.3, 0.4) is 0 Å². The monoisotopic (exact) mass is 338 g/mol. The van der Waals surface area contributed by atoms with E-state index in [1.165, 1.54) is 16.8 Å². The van der Waals surface area contributed by atoms with Crippen LogP contribution < -0.4 is 4.90 Å². The van der Waals surface area contributed by atoms with Crippen molar-refractivity contribution in [3.8, 4) is 0 Å². The minimum Gasteiger partial charge on any atom is -0.449 e. The van der Waals surface area contributed by atoms with Crippen molar-refractivity contribution in [2.45, 2.75) is 19.8 Å². The molecule has 0 unspecified atom stereocenters. The lowest BCUT2D eigenvalue weighted by Crippen LogP contribution is -2.49. The molecule has 0 radical (unpaired) electrons. The number of rotatable bonds is 5. The molecule has 0 saturated carbocycles. The molecule has 1 fully saturated rings. The van der Waals surface area contributed by atoms with Gasteiger partial charge in [0, 0.05) is 31.9 Å². The molecule has 4 nitrogen and oxygen atoms in total. The van der Waals surface area contributed by atoms with Crippen molar-refractivity contribution in [3.05, 3.63) is 65.7 Å². The van der Waals surface area contributed by atoms with Gasteiger partial charge in [-0.1, -0.05) is 48.5 Å². The van der Waals surface area contributed by atoms with Crippen molar-refractivity contribution in [2.24, 2.45) is 0 Å². The van der Waals surface area contributed by atoms with E-state index in [2.05, 4.69) is 48.2 Å². The minimum atomic E-state index is -0.183. The van der Waals surface area contributed by atoms with Crippen LogP contribution in [0.15, 0.2) is 54.6 Å². The highest BCUT2D eigenvalue weighted by atomic mass is 16.6. The molecule has 0 aromatic heterocycles. The van der Waals surface area contributed by atoms with E-state index >= 15 is 0 Å². The average molecular weight is 338 g/mol. The SMILES string of the molecule is Cc1ccccc1N1CCN(C(=O)OCCCc2ccccc2)CC1. The Balaban J connectivity index is 1.39. The van der Waals surface area contributed by atoms with Crippen LogP contribution in [0.4, 0.5) is 10.5 Å². The number of anilines is 1. The Morgan fingerprint density at radius 1 is 0.960 bits per heavy atom. The van der Waals surface area contributed by atoms with Crippen molar-refractivity contribution in [1.82, 2.24) is 4.90 Å². The number of carbonyl (C=O) groups is 1. The van der Waals surface area contributed by atoms with Gasteiger partial charge in [-0.25, -0.2) is 4.79 Å². The molecule has 1 heterocycles. The molecule has 0 bridgehead atoms. The largest absolute Gasteiger partial charge is 0.449 e. The van der Waals surface area contributed by atoms with Gasteiger partial charge in [-0.15, -0.1) is 0 Å². The fourth-order valence-corrected chi connectivity index (χ4v) is 3.22. The Bertz CT molecular complexity index is 679. The molecule has 0 spiro atoms. The van der Waals surface area contributed by atoms with Gasteiger partial charge in [0.1, 0.15) is 0 Å². The van der Waals surface area contributed by atoms with Crippen LogP contribution in [0.5, 0.6) is 0 Å². The number of piperazine rings is 1. The van der Waals surface area contributed by atoms with E-state index in [9.17, 15) is 4.79 Å². The highest BCUT2D eigenvalue weighted by Gasteiger charge is 2.22. The van der Waals surface area contributed by atoms with E-state index in [1.807, 2.05) is 23.1 Å². The van der Waals surface area contributed by atoms with Gasteiger partial charge in [0.15, 0.2) is 0 Å². The molecule has 4 heteroatoms. The second-order valence-electron chi connectivity index (χ2n) is 6.46. The number of carbonyl (C=O) groups excluding carboxylic acids is 1. The van der Waals surface area contributed by atoms with E-state index in [4.69, 9.17) is 4.74 Å². The summed E-state index contributed by atoms with van der Waals surface area (Å²) in [5, 5.41) is 0. The smallest absolute Gasteiger partial charge is 0.409 e. The van der Waals surface area contributed by atoms with Crippen molar-refractivity contribution in [1.29, 1.82) is 0 Å². The second-order valence-corrected chi connectivity index (χ2v) is 6.46. The van der Waals surface area contributed by atoms with E-state index in [1.54, 1.807) is 0 Å². The summed E-state index contributed by atoms with van der Waals surface area (Å²) in [4.78, 5) is 16.4. The van der Waals surface area contributed by atoms with Crippen LogP contribution in [0.1, 0.15) is 17.5 Å². The lowest BCUT2D eigenvalue weighted by Gasteiger charge is -2.36. The fraction of sp³-hybridized carbons (Fsp3) is 0.381. The predicted molar refractivity (Wildman–Crippen MR) is 101 cm³/mol. The molecule has 0 atom stereocenters. The van der Waals surface area contributed by atoms with Crippen molar-refractivity contribution >= 4 is 11.8 Å². The molecule has 1 amide bonds. The first-order valence-electron chi connectivity index (χ1n) is 9.00. The van der Waals surface area contributed by atoms with Crippen molar-refractivity contribution in [2.75, 3.05) is 37.7 Å². The zero-order valence-corrected chi connectivity index (χ0v) is 14.9. The molecule has 25 heavy (non-hydrogen) atoms. The number of hydrogen-bond acceptors (Lipinski definition) is 3. The molecule has 1 saturated heterocycles. The summed E-state index contributed by atoms with van der Waals surface area (Å²) in [5.74, 6) is 0. The van der Waals surface area contributed by atoms with E-state index in [0.29, 0.717) is 19.7 Å². The van der Waals surface area contributed by atoms with Gasteiger partial charge in [-0.2, -0.15) is 0 Å². The summed E-state index contributed by atoms with van der Waals surface area (Å²) in [6.07, 6.45) is 1.62. The van der Waals surface area contributed by atoms with Gasteiger partial charge in [0.2, 0.25) is 0 Å². The van der Waals surface area contributed by atoms with Crippen LogP contribution in [-0.4, -0.2) is 43.8 Å². The summed E-state index contributed by atoms with van der Waals surface area (Å²) in [5.41, 5.74) is 3.82. The molecule has 0 N–H and O–H groups in total. The van der Waals surface area contributed by atoms with Gasteiger partial charge >= 0.3 is 6.09 Å². The molecular weight excluding hydrogens is 312 g/mol. The summed E-state index contributed by atoms with van der Waals surface area (Å²) >= 11 is 0. The van der Waals surface area contributed by atoms with E-state index in [-0.39, 0.29) is 6.09 Å². The lowest BCUT2D eigenvalue weighted by molar-refractivity contribution is 0.0992. The normalized spacial score (nSPS) is 14.4. The lowest BCUT2D eigenvalue weighted by atomic mass is 10.1. The molecular formula is C21H26N2O2. The van der Waals surface area contributed by atoms with Gasteiger partial charge < -0.3 is 14.5 Å². The number of ether oxygens (including phenoxy) is 1. The van der Waals surface area contributed by atoms with Crippen LogP contribution in [-0.2, 0) is 11.2 Å². The maximum atomic E-state index is 12.2. The van der Waals surface area contributed by atoms with Crippen molar-refractivity contribution in [3.63, 3.8) is 0 Å². The molecule has 0 aliphatic carbocycles. The molecule has 3 rings (SSSR count). The van der Waals surface area contributed by atoms with Crippen LogP contribution in [0.2, 0.25) is 0 Å². The molecule has 1 aliphatic heterocycles. The summed E-state index contributed by atoms with van der Waals surface area (Å²) in [7, 11) is 0. The number of hydrogen-bond donors (Lipinski definition) is 0. The highest BCUT2D eigenvalue weighted by Crippen LogP contribution is 2.20. The predicted octanol–water partition coefficient (Wildman–Crippen LogP) is 3.89. The van der Waals surface area contributed by atoms with Gasteiger partial charge in [-0.3, -0.25) is 0 Å². The Hall–Kier alpha value is -2.49. The third-order valence-electron chi connectivity index (χ3n) is 4.67. The maximum Gasteiger partial charge on any atom is 0.409 e. The highest BCUT2D eigenvalue weighted by molar-refractivity contribution is 5.68. The van der Waals surface area contributed by atoms with E-state index in [0.717, 1.165) is 25.9 Å². The van der Waals surface area contributed by atoms with E-state index < -0.39 is 0 Å². The molecule has 2 aromatic rings. The number of amides is 1. The molecule has 2 aromatic carbocycles. The first-order valence-corrected chi connectivity index (χ1v) is 9.00. The first-order chi connectivity index (χ1) is 12.2. The Kier molecular flexibility index (Phi) is 5.94. The van der Waals surface area contributed by atoms with Crippen LogP contribution >= 0.6 is 0 Å². The zero-order valence-electron chi connectivity index (χ0n) is 14.9. The van der Waals surface area contributed by atoms with Crippen molar-refractivity contribution < 1.29 is 9.53 Å². The third-order valence-corrected chi connectivity index (χ3v) is 4.67. The summed E-state index contributed by atoms with van der Waals surface area (Å²) in [6, 6.07) is 18.7. The third kappa shape index (κ3) is 4.75. The average Bonchev–Trinajstić information content (AvgIpc) is 2.66. The fourth-order valence-electron chi connectivity index (χ4n) is 3.22. The standard InChI is InChI=1S/C21H26N2O2/c1-18-8-5-6-12-20(18)22-13-15-23(16-14-22)21(24)25-17-7-11-19-9-3-2-4-10-19/h2-6,8-10,12H,7,11,13-17H2,1H3. The number of aryl methyl sites for hydroxylation is 2. The van der Waals surface area contributed by atoms with Gasteiger partial charge in [0.25, 0.3) is 0 Å². The Morgan fingerprint density at radius 3 is 2.36 bits per heavy atom.